The molecule has 18 heavy (non-hydrogen) atoms. The number of nitrogens with zero attached hydrogens (tertiary/aromatic N) is 3. The molecule has 2 aromatic rings. The van der Waals surface area contributed by atoms with E-state index in [2.05, 4.69) is 5.10 Å². The van der Waals surface area contributed by atoms with Gasteiger partial charge in [-0.3, -0.25) is 0 Å². The molecule has 6 nitrogen and oxygen atoms in total. The SMILES string of the molecule is Cc1cn(Cc2ccc(CO)cc2)nc1[N+](=O)[O-]. The Morgan fingerprint density at radius 3 is 2.44 bits per heavy atom. The van der Waals surface area contributed by atoms with Crippen molar-refractivity contribution in [2.24, 2.45) is 0 Å². The number of hydrogen-bond acceptors (Lipinski definition) is 4. The van der Waals surface area contributed by atoms with Gasteiger partial charge in [-0.15, -0.1) is 0 Å². The Morgan fingerprint density at radius 1 is 1.33 bits per heavy atom. The summed E-state index contributed by atoms with van der Waals surface area (Å²) in [7, 11) is 0. The van der Waals surface area contributed by atoms with Crippen LogP contribution in [0.3, 0.4) is 0 Å². The van der Waals surface area contributed by atoms with Crippen molar-refractivity contribution in [1.29, 1.82) is 0 Å². The highest BCUT2D eigenvalue weighted by Crippen LogP contribution is 2.15. The van der Waals surface area contributed by atoms with Gasteiger partial charge in [-0.25, -0.2) is 0 Å². The van der Waals surface area contributed by atoms with Gasteiger partial charge in [0.15, 0.2) is 0 Å². The molecule has 0 radical (unpaired) electrons. The zero-order chi connectivity index (χ0) is 13.1. The van der Waals surface area contributed by atoms with Gasteiger partial charge in [-0.05, 0) is 23.0 Å². The molecule has 0 saturated carbocycles. The highest BCUT2D eigenvalue weighted by atomic mass is 16.6. The average Bonchev–Trinajstić information content (AvgIpc) is 2.71. The van der Waals surface area contributed by atoms with Crippen LogP contribution >= 0.6 is 0 Å². The summed E-state index contributed by atoms with van der Waals surface area (Å²) in [5, 5.41) is 23.5. The van der Waals surface area contributed by atoms with E-state index >= 15 is 0 Å². The molecule has 0 aliphatic carbocycles. The van der Waals surface area contributed by atoms with Crippen LogP contribution in [0.5, 0.6) is 0 Å². The third-order valence-electron chi connectivity index (χ3n) is 2.64. The van der Waals surface area contributed by atoms with E-state index in [1.54, 1.807) is 17.8 Å². The molecule has 1 aromatic heterocycles. The van der Waals surface area contributed by atoms with Gasteiger partial charge in [0.25, 0.3) is 0 Å². The Labute approximate surface area is 104 Å². The first-order valence-corrected chi connectivity index (χ1v) is 5.47. The van der Waals surface area contributed by atoms with Gasteiger partial charge in [-0.2, -0.15) is 4.68 Å². The van der Waals surface area contributed by atoms with Crippen molar-refractivity contribution in [3.63, 3.8) is 0 Å². The maximum Gasteiger partial charge on any atom is 0.392 e. The molecule has 1 aromatic carbocycles. The zero-order valence-electron chi connectivity index (χ0n) is 9.91. The Balaban J connectivity index is 2.18. The third kappa shape index (κ3) is 2.54. The topological polar surface area (TPSA) is 81.2 Å². The Morgan fingerprint density at radius 2 is 1.94 bits per heavy atom. The minimum absolute atomic E-state index is 0.00658. The molecule has 0 amide bonds. The first kappa shape index (κ1) is 12.3. The van der Waals surface area contributed by atoms with Crippen LogP contribution in [0.4, 0.5) is 5.82 Å². The minimum Gasteiger partial charge on any atom is -0.392 e. The summed E-state index contributed by atoms with van der Waals surface area (Å²) >= 11 is 0. The number of aliphatic hydroxyl groups excluding tert-OH is 1. The first-order chi connectivity index (χ1) is 8.60. The van der Waals surface area contributed by atoms with E-state index in [1.807, 2.05) is 24.3 Å². The van der Waals surface area contributed by atoms with Crippen LogP contribution in [0.25, 0.3) is 0 Å². The highest BCUT2D eigenvalue weighted by molar-refractivity contribution is 5.29. The van der Waals surface area contributed by atoms with Gasteiger partial charge in [0.05, 0.1) is 30.0 Å². The van der Waals surface area contributed by atoms with E-state index in [1.165, 1.54) is 0 Å². The molecule has 1 heterocycles. The predicted octanol–water partition coefficient (Wildman–Crippen LogP) is 1.64. The number of aromatic nitrogens is 2. The van der Waals surface area contributed by atoms with E-state index in [9.17, 15) is 10.1 Å². The number of hydrogen-bond donors (Lipinski definition) is 1. The van der Waals surface area contributed by atoms with Gasteiger partial charge in [0.1, 0.15) is 0 Å². The van der Waals surface area contributed by atoms with Crippen molar-refractivity contribution < 1.29 is 10.0 Å². The molecule has 0 saturated heterocycles. The minimum atomic E-state index is -0.485. The molecular weight excluding hydrogens is 234 g/mol. The Hall–Kier alpha value is -2.21. The van der Waals surface area contributed by atoms with Crippen LogP contribution < -0.4 is 0 Å². The van der Waals surface area contributed by atoms with Crippen molar-refractivity contribution >= 4 is 5.82 Å². The van der Waals surface area contributed by atoms with Crippen LogP contribution in [0.2, 0.25) is 0 Å². The predicted molar refractivity (Wildman–Crippen MR) is 65.1 cm³/mol. The summed E-state index contributed by atoms with van der Waals surface area (Å²) in [6, 6.07) is 7.38. The third-order valence-corrected chi connectivity index (χ3v) is 2.64. The normalized spacial score (nSPS) is 10.6. The summed E-state index contributed by atoms with van der Waals surface area (Å²) in [5.74, 6) is -0.109. The number of benzene rings is 1. The first-order valence-electron chi connectivity index (χ1n) is 5.47. The summed E-state index contributed by atoms with van der Waals surface area (Å²) in [6.07, 6.45) is 1.65. The van der Waals surface area contributed by atoms with Crippen LogP contribution in [-0.4, -0.2) is 19.8 Å². The van der Waals surface area contributed by atoms with Crippen molar-refractivity contribution in [2.45, 2.75) is 20.1 Å². The summed E-state index contributed by atoms with van der Waals surface area (Å²) in [6.45, 7) is 2.14. The van der Waals surface area contributed by atoms with E-state index in [-0.39, 0.29) is 12.4 Å². The summed E-state index contributed by atoms with van der Waals surface area (Å²) in [4.78, 5) is 10.2. The lowest BCUT2D eigenvalue weighted by molar-refractivity contribution is -0.390. The maximum absolute atomic E-state index is 10.7. The van der Waals surface area contributed by atoms with Gasteiger partial charge < -0.3 is 15.2 Å². The fourth-order valence-electron chi connectivity index (χ4n) is 1.71. The second-order valence-electron chi connectivity index (χ2n) is 4.07. The second kappa shape index (κ2) is 4.97. The molecule has 1 N–H and O–H groups in total. The van der Waals surface area contributed by atoms with Crippen LogP contribution in [0.15, 0.2) is 30.5 Å². The van der Waals surface area contributed by atoms with Crippen LogP contribution in [0, 0.1) is 17.0 Å². The molecule has 0 fully saturated rings. The van der Waals surface area contributed by atoms with Crippen molar-refractivity contribution in [3.05, 3.63) is 57.3 Å². The van der Waals surface area contributed by atoms with Crippen molar-refractivity contribution in [1.82, 2.24) is 9.78 Å². The van der Waals surface area contributed by atoms with Crippen LogP contribution in [0.1, 0.15) is 16.7 Å². The molecule has 0 aliphatic heterocycles. The number of nitro groups is 1. The van der Waals surface area contributed by atoms with Gasteiger partial charge in [0, 0.05) is 0 Å². The van der Waals surface area contributed by atoms with Crippen molar-refractivity contribution in [2.75, 3.05) is 0 Å². The maximum atomic E-state index is 10.7. The highest BCUT2D eigenvalue weighted by Gasteiger charge is 2.16. The van der Waals surface area contributed by atoms with E-state index < -0.39 is 4.92 Å². The molecule has 0 unspecified atom stereocenters. The van der Waals surface area contributed by atoms with Gasteiger partial charge in [-0.1, -0.05) is 24.3 Å². The Kier molecular flexibility index (Phi) is 3.38. The lowest BCUT2D eigenvalue weighted by atomic mass is 10.1. The second-order valence-corrected chi connectivity index (χ2v) is 4.07. The molecular formula is C12H13N3O3. The number of aliphatic hydroxyl groups is 1. The average molecular weight is 247 g/mol. The standard InChI is InChI=1S/C12H13N3O3/c1-9-6-14(13-12(9)15(17)18)7-10-2-4-11(8-16)5-3-10/h2-6,16H,7-8H2,1H3. The van der Waals surface area contributed by atoms with Crippen molar-refractivity contribution in [3.8, 4) is 0 Å². The molecule has 0 bridgehead atoms. The van der Waals surface area contributed by atoms with E-state index in [4.69, 9.17) is 5.11 Å². The smallest absolute Gasteiger partial charge is 0.392 e. The van der Waals surface area contributed by atoms with Gasteiger partial charge >= 0.3 is 5.82 Å². The Bertz CT molecular complexity index is 560. The molecule has 0 atom stereocenters. The zero-order valence-corrected chi connectivity index (χ0v) is 9.91. The lowest BCUT2D eigenvalue weighted by Crippen LogP contribution is -2.01. The number of aryl methyl sites for hydroxylation is 1. The van der Waals surface area contributed by atoms with E-state index in [0.29, 0.717) is 12.1 Å². The molecule has 6 heteroatoms. The fourth-order valence-corrected chi connectivity index (χ4v) is 1.71. The lowest BCUT2D eigenvalue weighted by Gasteiger charge is -2.00. The fraction of sp³-hybridized carbons (Fsp3) is 0.250. The monoisotopic (exact) mass is 247 g/mol. The number of rotatable bonds is 4. The summed E-state index contributed by atoms with van der Waals surface area (Å²) < 4.78 is 1.54. The largest absolute Gasteiger partial charge is 0.392 e. The molecule has 0 spiro atoms. The molecule has 2 rings (SSSR count). The quantitative estimate of drug-likeness (QED) is 0.657. The van der Waals surface area contributed by atoms with Crippen LogP contribution in [-0.2, 0) is 13.2 Å². The molecule has 94 valence electrons. The molecule has 0 aliphatic rings. The van der Waals surface area contributed by atoms with E-state index in [0.717, 1.165) is 11.1 Å². The summed E-state index contributed by atoms with van der Waals surface area (Å²) in [5.41, 5.74) is 2.36. The van der Waals surface area contributed by atoms with Gasteiger partial charge in [0.2, 0.25) is 0 Å².